The Kier molecular flexibility index (Phi) is 6.53. The zero-order chi connectivity index (χ0) is 21.0. The molecule has 1 N–H and O–H groups in total. The van der Waals surface area contributed by atoms with E-state index in [9.17, 15) is 14.4 Å². The zero-order valence-electron chi connectivity index (χ0n) is 16.4. The molecule has 0 atom stereocenters. The van der Waals surface area contributed by atoms with Crippen LogP contribution in [0.15, 0.2) is 58.1 Å². The first-order chi connectivity index (χ1) is 13.9. The fourth-order valence-corrected chi connectivity index (χ4v) is 3.60. The van der Waals surface area contributed by atoms with Gasteiger partial charge in [0.25, 0.3) is 5.56 Å². The highest BCUT2D eigenvalue weighted by Gasteiger charge is 2.12. The average Bonchev–Trinajstić information content (AvgIpc) is 3.07. The number of likely N-dealkylation sites (N-methyl/N-ethyl adjacent to an activating group) is 1. The van der Waals surface area contributed by atoms with Gasteiger partial charge in [0.2, 0.25) is 11.8 Å². The molecule has 2 amide bonds. The largest absolute Gasteiger partial charge is 0.342 e. The molecule has 1 aromatic carbocycles. The van der Waals surface area contributed by atoms with Crippen molar-refractivity contribution in [1.82, 2.24) is 14.0 Å². The first-order valence-electron chi connectivity index (χ1n) is 9.43. The third-order valence-corrected chi connectivity index (χ3v) is 5.21. The Morgan fingerprint density at radius 1 is 1.03 bits per heavy atom. The summed E-state index contributed by atoms with van der Waals surface area (Å²) in [5.74, 6) is -0.218. The van der Waals surface area contributed by atoms with Gasteiger partial charge in [0, 0.05) is 52.6 Å². The molecule has 0 aliphatic carbocycles. The third-order valence-electron chi connectivity index (χ3n) is 4.74. The van der Waals surface area contributed by atoms with Crippen molar-refractivity contribution in [2.24, 2.45) is 0 Å². The lowest BCUT2D eigenvalue weighted by molar-refractivity contribution is -0.131. The van der Waals surface area contributed by atoms with Gasteiger partial charge in [0.05, 0.1) is 0 Å². The van der Waals surface area contributed by atoms with Crippen molar-refractivity contribution in [3.63, 3.8) is 0 Å². The SMILES string of the molecule is CCN(CC)C(=O)Cn1ccc2cc(NC(=O)Cn3cc(Br)ccc3=O)ccc21. The summed E-state index contributed by atoms with van der Waals surface area (Å²) in [4.78, 5) is 38.3. The standard InChI is InChI=1S/C21H23BrN4O3/c1-3-24(4-2)21(29)14-25-10-9-15-11-17(6-7-18(15)25)23-19(27)13-26-12-16(22)5-8-20(26)28/h5-12H,3-4,13-14H2,1-2H3,(H,23,27). The number of benzene rings is 1. The maximum atomic E-state index is 12.4. The number of rotatable bonds is 7. The van der Waals surface area contributed by atoms with Crippen LogP contribution in [0.2, 0.25) is 0 Å². The minimum atomic E-state index is -0.291. The van der Waals surface area contributed by atoms with Gasteiger partial charge in [-0.3, -0.25) is 14.4 Å². The van der Waals surface area contributed by atoms with Gasteiger partial charge in [0.1, 0.15) is 13.1 Å². The van der Waals surface area contributed by atoms with E-state index in [0.29, 0.717) is 18.8 Å². The number of nitrogens with zero attached hydrogens (tertiary/aromatic N) is 3. The molecule has 0 fully saturated rings. The molecule has 7 nitrogen and oxygen atoms in total. The van der Waals surface area contributed by atoms with E-state index in [1.807, 2.05) is 42.8 Å². The van der Waals surface area contributed by atoms with Crippen LogP contribution >= 0.6 is 15.9 Å². The molecule has 3 aromatic rings. The summed E-state index contributed by atoms with van der Waals surface area (Å²) in [6.45, 7) is 5.51. The molecular weight excluding hydrogens is 436 g/mol. The minimum Gasteiger partial charge on any atom is -0.342 e. The molecule has 3 rings (SSSR count). The monoisotopic (exact) mass is 458 g/mol. The Bertz CT molecular complexity index is 1100. The highest BCUT2D eigenvalue weighted by Crippen LogP contribution is 2.21. The van der Waals surface area contributed by atoms with Gasteiger partial charge in [-0.25, -0.2) is 0 Å². The second-order valence-corrected chi connectivity index (χ2v) is 7.56. The van der Waals surface area contributed by atoms with Gasteiger partial charge in [-0.05, 0) is 60.1 Å². The highest BCUT2D eigenvalue weighted by molar-refractivity contribution is 9.10. The number of hydrogen-bond acceptors (Lipinski definition) is 3. The van der Waals surface area contributed by atoms with Crippen molar-refractivity contribution in [3.8, 4) is 0 Å². The number of pyridine rings is 1. The summed E-state index contributed by atoms with van der Waals surface area (Å²) in [7, 11) is 0. The maximum absolute atomic E-state index is 12.4. The molecule has 2 aromatic heterocycles. The summed E-state index contributed by atoms with van der Waals surface area (Å²) in [5, 5.41) is 3.74. The van der Waals surface area contributed by atoms with Gasteiger partial charge in [0.15, 0.2) is 0 Å². The fraction of sp³-hybridized carbons (Fsp3) is 0.286. The lowest BCUT2D eigenvalue weighted by atomic mass is 10.2. The second-order valence-electron chi connectivity index (χ2n) is 6.64. The molecule has 0 radical (unpaired) electrons. The molecular formula is C21H23BrN4O3. The number of nitrogens with one attached hydrogen (secondary N) is 1. The molecule has 0 saturated heterocycles. The van der Waals surface area contributed by atoms with Crippen LogP contribution in [0.3, 0.4) is 0 Å². The Hall–Kier alpha value is -2.87. The van der Waals surface area contributed by atoms with E-state index >= 15 is 0 Å². The van der Waals surface area contributed by atoms with Gasteiger partial charge >= 0.3 is 0 Å². The van der Waals surface area contributed by atoms with Crippen LogP contribution in [0.25, 0.3) is 10.9 Å². The van der Waals surface area contributed by atoms with Gasteiger partial charge in [-0.2, -0.15) is 0 Å². The minimum absolute atomic E-state index is 0.0735. The van der Waals surface area contributed by atoms with Crippen LogP contribution in [-0.2, 0) is 22.7 Å². The lowest BCUT2D eigenvalue weighted by Crippen LogP contribution is -2.33. The molecule has 0 saturated carbocycles. The van der Waals surface area contributed by atoms with Crippen LogP contribution in [0, 0.1) is 0 Å². The first-order valence-corrected chi connectivity index (χ1v) is 10.2. The van der Waals surface area contributed by atoms with Crippen LogP contribution in [0.5, 0.6) is 0 Å². The summed E-state index contributed by atoms with van der Waals surface area (Å²) < 4.78 is 3.97. The molecule has 152 valence electrons. The Labute approximate surface area is 177 Å². The number of amides is 2. The van der Waals surface area contributed by atoms with Crippen molar-refractivity contribution in [1.29, 1.82) is 0 Å². The summed E-state index contributed by atoms with van der Waals surface area (Å²) in [6, 6.07) is 10.5. The molecule has 0 aliphatic rings. The normalized spacial score (nSPS) is 10.9. The third kappa shape index (κ3) is 4.95. The van der Waals surface area contributed by atoms with Crippen LogP contribution in [-0.4, -0.2) is 38.9 Å². The Morgan fingerprint density at radius 3 is 2.52 bits per heavy atom. The summed E-state index contributed by atoms with van der Waals surface area (Å²) in [6.07, 6.45) is 3.46. The summed E-state index contributed by atoms with van der Waals surface area (Å²) >= 11 is 3.30. The second kappa shape index (κ2) is 9.09. The van der Waals surface area contributed by atoms with Crippen LogP contribution < -0.4 is 10.9 Å². The molecule has 0 unspecified atom stereocenters. The molecule has 0 bridgehead atoms. The van der Waals surface area contributed by atoms with E-state index in [4.69, 9.17) is 0 Å². The van der Waals surface area contributed by atoms with Crippen LogP contribution in [0.4, 0.5) is 5.69 Å². The van der Waals surface area contributed by atoms with Crippen molar-refractivity contribution in [3.05, 3.63) is 63.6 Å². The molecule has 8 heteroatoms. The lowest BCUT2D eigenvalue weighted by Gasteiger charge is -2.19. The maximum Gasteiger partial charge on any atom is 0.251 e. The number of fused-ring (bicyclic) bond motifs is 1. The molecule has 2 heterocycles. The number of aromatic nitrogens is 2. The first kappa shape index (κ1) is 20.9. The van der Waals surface area contributed by atoms with Crippen molar-refractivity contribution < 1.29 is 9.59 Å². The molecule has 0 aliphatic heterocycles. The number of hydrogen-bond donors (Lipinski definition) is 1. The molecule has 29 heavy (non-hydrogen) atoms. The fourth-order valence-electron chi connectivity index (χ4n) is 3.22. The van der Waals surface area contributed by atoms with Gasteiger partial charge in [-0.15, -0.1) is 0 Å². The van der Waals surface area contributed by atoms with E-state index in [1.54, 1.807) is 23.2 Å². The summed E-state index contributed by atoms with van der Waals surface area (Å²) in [5.41, 5.74) is 1.32. The highest BCUT2D eigenvalue weighted by atomic mass is 79.9. The van der Waals surface area contributed by atoms with Crippen LogP contribution in [0.1, 0.15) is 13.8 Å². The van der Waals surface area contributed by atoms with E-state index < -0.39 is 0 Å². The smallest absolute Gasteiger partial charge is 0.251 e. The number of carbonyl (C=O) groups is 2. The quantitative estimate of drug-likeness (QED) is 0.590. The average molecular weight is 459 g/mol. The van der Waals surface area contributed by atoms with Crippen molar-refractivity contribution in [2.75, 3.05) is 18.4 Å². The van der Waals surface area contributed by atoms with Crippen molar-refractivity contribution in [2.45, 2.75) is 26.9 Å². The van der Waals surface area contributed by atoms with Crippen molar-refractivity contribution >= 4 is 44.3 Å². The molecule has 0 spiro atoms. The number of anilines is 1. The number of halogens is 1. The van der Waals surface area contributed by atoms with Gasteiger partial charge < -0.3 is 19.4 Å². The zero-order valence-corrected chi connectivity index (χ0v) is 18.0. The van der Waals surface area contributed by atoms with E-state index in [1.165, 1.54) is 10.6 Å². The Morgan fingerprint density at radius 2 is 1.79 bits per heavy atom. The Balaban J connectivity index is 1.72. The van der Waals surface area contributed by atoms with E-state index in [-0.39, 0.29) is 30.5 Å². The van der Waals surface area contributed by atoms with E-state index in [0.717, 1.165) is 15.4 Å². The topological polar surface area (TPSA) is 76.3 Å². The van der Waals surface area contributed by atoms with Gasteiger partial charge in [-0.1, -0.05) is 0 Å². The predicted molar refractivity (Wildman–Crippen MR) is 117 cm³/mol. The van der Waals surface area contributed by atoms with E-state index in [2.05, 4.69) is 21.2 Å². The number of carbonyl (C=O) groups excluding carboxylic acids is 2. The predicted octanol–water partition coefficient (Wildman–Crippen LogP) is 3.07.